The van der Waals surface area contributed by atoms with Crippen molar-refractivity contribution in [3.63, 3.8) is 0 Å². The molecule has 0 atom stereocenters. The molecule has 0 aliphatic heterocycles. The number of hydrogen-bond donors (Lipinski definition) is 4. The largest absolute Gasteiger partial charge is 0.317 e. The molecule has 3 rings (SSSR count). The standard InChI is InChI=1S/C46H74N4/c1-3-5-7-9-10-11-12-18-32-47-33-19-13-14-24-41-25-20-27-43(38-41)45-29-15-16-30-46(45)44-28-21-26-42(39-44)40-50-37-23-36-49-35-22-34-48-31-17-8-6-4-2/h15-16,20-21,25-30,38-39,47-50H,3-14,17-19,22-24,31-37,40H2,1-2H3. The van der Waals surface area contributed by atoms with Crippen LogP contribution in [0.2, 0.25) is 0 Å². The van der Waals surface area contributed by atoms with E-state index in [1.165, 1.54) is 149 Å². The van der Waals surface area contributed by atoms with Crippen LogP contribution in [0.4, 0.5) is 0 Å². The van der Waals surface area contributed by atoms with Gasteiger partial charge in [-0.1, -0.05) is 151 Å². The van der Waals surface area contributed by atoms with Crippen LogP contribution < -0.4 is 21.3 Å². The first kappa shape index (κ1) is 41.9. The smallest absolute Gasteiger partial charge is 0.0205 e. The van der Waals surface area contributed by atoms with Crippen LogP contribution in [0.1, 0.15) is 134 Å². The fourth-order valence-corrected chi connectivity index (χ4v) is 6.83. The molecule has 0 bridgehead atoms. The Kier molecular flexibility index (Phi) is 24.4. The van der Waals surface area contributed by atoms with Crippen molar-refractivity contribution >= 4 is 0 Å². The lowest BCUT2D eigenvalue weighted by Crippen LogP contribution is -2.25. The van der Waals surface area contributed by atoms with Gasteiger partial charge in [-0.25, -0.2) is 0 Å². The van der Waals surface area contributed by atoms with Crippen molar-refractivity contribution < 1.29 is 0 Å². The highest BCUT2D eigenvalue weighted by Crippen LogP contribution is 2.33. The van der Waals surface area contributed by atoms with Crippen molar-refractivity contribution in [1.29, 1.82) is 0 Å². The van der Waals surface area contributed by atoms with Crippen LogP contribution in [-0.2, 0) is 13.0 Å². The molecule has 278 valence electrons. The van der Waals surface area contributed by atoms with Gasteiger partial charge in [0.2, 0.25) is 0 Å². The molecule has 4 nitrogen and oxygen atoms in total. The van der Waals surface area contributed by atoms with Crippen LogP contribution >= 0.6 is 0 Å². The van der Waals surface area contributed by atoms with E-state index in [1.807, 2.05) is 0 Å². The highest BCUT2D eigenvalue weighted by molar-refractivity contribution is 5.83. The van der Waals surface area contributed by atoms with Crippen molar-refractivity contribution in [1.82, 2.24) is 21.3 Å². The Morgan fingerprint density at radius 2 is 0.780 bits per heavy atom. The number of hydrogen-bond acceptors (Lipinski definition) is 4. The van der Waals surface area contributed by atoms with E-state index in [0.717, 1.165) is 52.1 Å². The highest BCUT2D eigenvalue weighted by Gasteiger charge is 2.09. The molecule has 0 aliphatic carbocycles. The molecule has 0 aromatic heterocycles. The Labute approximate surface area is 308 Å². The van der Waals surface area contributed by atoms with Crippen molar-refractivity contribution in [3.8, 4) is 22.3 Å². The molecule has 0 saturated carbocycles. The first-order valence-corrected chi connectivity index (χ1v) is 20.9. The van der Waals surface area contributed by atoms with Gasteiger partial charge in [-0.2, -0.15) is 0 Å². The van der Waals surface area contributed by atoms with Crippen molar-refractivity contribution in [2.45, 2.75) is 136 Å². The molecule has 0 fully saturated rings. The summed E-state index contributed by atoms with van der Waals surface area (Å²) < 4.78 is 0. The van der Waals surface area contributed by atoms with E-state index >= 15 is 0 Å². The highest BCUT2D eigenvalue weighted by atomic mass is 14.9. The molecule has 0 radical (unpaired) electrons. The van der Waals surface area contributed by atoms with Crippen LogP contribution in [-0.4, -0.2) is 45.8 Å². The van der Waals surface area contributed by atoms with Crippen LogP contribution in [0, 0.1) is 0 Å². The Morgan fingerprint density at radius 3 is 1.34 bits per heavy atom. The van der Waals surface area contributed by atoms with Crippen LogP contribution in [0.5, 0.6) is 0 Å². The van der Waals surface area contributed by atoms with E-state index in [4.69, 9.17) is 0 Å². The Bertz CT molecular complexity index is 1130. The van der Waals surface area contributed by atoms with Crippen LogP contribution in [0.3, 0.4) is 0 Å². The van der Waals surface area contributed by atoms with Gasteiger partial charge in [0.25, 0.3) is 0 Å². The van der Waals surface area contributed by atoms with Gasteiger partial charge in [0, 0.05) is 6.54 Å². The van der Waals surface area contributed by atoms with Crippen molar-refractivity contribution in [3.05, 3.63) is 83.9 Å². The Hall–Kier alpha value is -2.50. The van der Waals surface area contributed by atoms with E-state index in [0.29, 0.717) is 0 Å². The monoisotopic (exact) mass is 683 g/mol. The predicted octanol–water partition coefficient (Wildman–Crippen LogP) is 11.1. The molecule has 4 heteroatoms. The minimum atomic E-state index is 0.905. The molecule has 50 heavy (non-hydrogen) atoms. The molecule has 0 spiro atoms. The third kappa shape index (κ3) is 19.2. The van der Waals surface area contributed by atoms with E-state index in [2.05, 4.69) is 108 Å². The van der Waals surface area contributed by atoms with Gasteiger partial charge >= 0.3 is 0 Å². The van der Waals surface area contributed by atoms with Gasteiger partial charge in [-0.05, 0) is 130 Å². The summed E-state index contributed by atoms with van der Waals surface area (Å²) in [6, 6.07) is 27.3. The van der Waals surface area contributed by atoms with Gasteiger partial charge in [-0.3, -0.25) is 0 Å². The molecule has 0 heterocycles. The second-order valence-corrected chi connectivity index (χ2v) is 14.4. The molecule has 0 saturated heterocycles. The number of nitrogens with one attached hydrogen (secondary N) is 4. The number of aryl methyl sites for hydroxylation is 1. The van der Waals surface area contributed by atoms with Gasteiger partial charge < -0.3 is 21.3 Å². The summed E-state index contributed by atoms with van der Waals surface area (Å²) in [5.41, 5.74) is 8.05. The van der Waals surface area contributed by atoms with Gasteiger partial charge in [0.1, 0.15) is 0 Å². The Balaban J connectivity index is 1.32. The second kappa shape index (κ2) is 29.1. The molecular weight excluding hydrogens is 609 g/mol. The normalized spacial score (nSPS) is 11.4. The van der Waals surface area contributed by atoms with Gasteiger partial charge in [-0.15, -0.1) is 0 Å². The third-order valence-electron chi connectivity index (χ3n) is 9.88. The summed E-state index contributed by atoms with van der Waals surface area (Å²) in [6.45, 7) is 13.3. The van der Waals surface area contributed by atoms with E-state index < -0.39 is 0 Å². The molecule has 3 aromatic rings. The van der Waals surface area contributed by atoms with E-state index in [-0.39, 0.29) is 0 Å². The van der Waals surface area contributed by atoms with Crippen molar-refractivity contribution in [2.75, 3.05) is 45.8 Å². The lowest BCUT2D eigenvalue weighted by atomic mass is 9.92. The fraction of sp³-hybridized carbons (Fsp3) is 0.609. The summed E-state index contributed by atoms with van der Waals surface area (Å²) in [5, 5.41) is 14.5. The zero-order valence-electron chi connectivity index (χ0n) is 32.3. The third-order valence-corrected chi connectivity index (χ3v) is 9.88. The van der Waals surface area contributed by atoms with E-state index in [1.54, 1.807) is 0 Å². The zero-order valence-corrected chi connectivity index (χ0v) is 32.3. The zero-order chi connectivity index (χ0) is 35.2. The van der Waals surface area contributed by atoms with Gasteiger partial charge in [0.15, 0.2) is 0 Å². The predicted molar refractivity (Wildman–Crippen MR) is 221 cm³/mol. The minimum Gasteiger partial charge on any atom is -0.317 e. The number of unbranched alkanes of at least 4 members (excludes halogenated alkanes) is 12. The first-order chi connectivity index (χ1) is 24.8. The van der Waals surface area contributed by atoms with Crippen LogP contribution in [0.25, 0.3) is 22.3 Å². The maximum Gasteiger partial charge on any atom is 0.0205 e. The summed E-state index contributed by atoms with van der Waals surface area (Å²) in [7, 11) is 0. The molecule has 0 unspecified atom stereocenters. The average molecular weight is 683 g/mol. The summed E-state index contributed by atoms with van der Waals surface area (Å²) in [6.07, 6.45) is 23.9. The Morgan fingerprint density at radius 1 is 0.360 bits per heavy atom. The van der Waals surface area contributed by atoms with Gasteiger partial charge in [0.05, 0.1) is 0 Å². The summed E-state index contributed by atoms with van der Waals surface area (Å²) >= 11 is 0. The molecule has 3 aromatic carbocycles. The molecule has 0 amide bonds. The lowest BCUT2D eigenvalue weighted by molar-refractivity contribution is 0.543. The quantitative estimate of drug-likeness (QED) is 0.0495. The summed E-state index contributed by atoms with van der Waals surface area (Å²) in [4.78, 5) is 0. The first-order valence-electron chi connectivity index (χ1n) is 20.9. The maximum absolute atomic E-state index is 3.68. The number of benzene rings is 3. The second-order valence-electron chi connectivity index (χ2n) is 14.4. The molecule has 0 aliphatic rings. The van der Waals surface area contributed by atoms with E-state index in [9.17, 15) is 0 Å². The topological polar surface area (TPSA) is 48.1 Å². The number of rotatable bonds is 32. The average Bonchev–Trinajstić information content (AvgIpc) is 3.15. The SMILES string of the molecule is CCCCCCCCCCNCCCCCc1cccc(-c2ccccc2-c2cccc(CNCCCNCCCNCCCCCC)c2)c1. The maximum atomic E-state index is 3.68. The molecule has 4 N–H and O–H groups in total. The lowest BCUT2D eigenvalue weighted by Gasteiger charge is -2.13. The van der Waals surface area contributed by atoms with Crippen molar-refractivity contribution in [2.24, 2.45) is 0 Å². The van der Waals surface area contributed by atoms with Crippen LogP contribution in [0.15, 0.2) is 72.8 Å². The fourth-order valence-electron chi connectivity index (χ4n) is 6.83. The molecular formula is C46H74N4. The summed E-state index contributed by atoms with van der Waals surface area (Å²) in [5.74, 6) is 0. The minimum absolute atomic E-state index is 0.905.